The molecule has 1 saturated heterocycles. The first-order chi connectivity index (χ1) is 12.0. The predicted molar refractivity (Wildman–Crippen MR) is 101 cm³/mol. The minimum Gasteiger partial charge on any atom is -0.497 e. The number of methoxy groups -OCH3 is 2. The zero-order chi connectivity index (χ0) is 18.4. The molecule has 0 bridgehead atoms. The van der Waals surface area contributed by atoms with Crippen molar-refractivity contribution >= 4 is 46.3 Å². The second kappa shape index (κ2) is 8.87. The molecule has 0 aromatic heterocycles. The summed E-state index contributed by atoms with van der Waals surface area (Å²) in [4.78, 5) is 26.0. The number of carbonyl (C=O) groups is 2. The summed E-state index contributed by atoms with van der Waals surface area (Å²) in [6.07, 6.45) is 2.40. The van der Waals surface area contributed by atoms with E-state index in [9.17, 15) is 9.59 Å². The molecule has 0 unspecified atom stereocenters. The molecular weight excluding hydrogens is 362 g/mol. The zero-order valence-corrected chi connectivity index (χ0v) is 15.9. The van der Waals surface area contributed by atoms with Gasteiger partial charge < -0.3 is 14.2 Å². The van der Waals surface area contributed by atoms with Crippen LogP contribution in [0.3, 0.4) is 0 Å². The number of benzene rings is 1. The molecule has 1 amide bonds. The fraction of sp³-hybridized carbons (Fsp3) is 0.353. The van der Waals surface area contributed by atoms with Gasteiger partial charge in [-0.2, -0.15) is 0 Å². The van der Waals surface area contributed by atoms with Crippen LogP contribution in [-0.2, 0) is 14.3 Å². The smallest absolute Gasteiger partial charge is 0.326 e. The molecule has 1 aromatic rings. The van der Waals surface area contributed by atoms with Crippen LogP contribution in [-0.4, -0.2) is 48.5 Å². The lowest BCUT2D eigenvalue weighted by Gasteiger charge is -2.13. The average molecular weight is 381 g/mol. The molecule has 0 aliphatic carbocycles. The van der Waals surface area contributed by atoms with E-state index in [1.807, 2.05) is 6.92 Å². The Morgan fingerprint density at radius 1 is 1.32 bits per heavy atom. The number of carbonyl (C=O) groups excluding carboxylic acids is 2. The first-order valence-electron chi connectivity index (χ1n) is 7.63. The van der Waals surface area contributed by atoms with E-state index in [0.29, 0.717) is 32.9 Å². The summed E-state index contributed by atoms with van der Waals surface area (Å²) in [5.41, 5.74) is 0.691. The quantitative estimate of drug-likeness (QED) is 0.409. The van der Waals surface area contributed by atoms with Gasteiger partial charge in [0.1, 0.15) is 22.4 Å². The van der Waals surface area contributed by atoms with Crippen LogP contribution in [0, 0.1) is 0 Å². The van der Waals surface area contributed by atoms with Crippen LogP contribution in [0.2, 0.25) is 0 Å². The van der Waals surface area contributed by atoms with Crippen molar-refractivity contribution in [1.82, 2.24) is 4.90 Å². The highest BCUT2D eigenvalue weighted by molar-refractivity contribution is 8.26. The standard InChI is InChI=1S/C17H19NO5S2/c1-4-7-23-15(19)10-18-16(20)14(25-17(18)24)9-11-8-12(21-2)5-6-13(11)22-3/h5-6,8-9H,4,7,10H2,1-3H3/b14-9-. The van der Waals surface area contributed by atoms with Crippen molar-refractivity contribution in [3.8, 4) is 11.5 Å². The highest BCUT2D eigenvalue weighted by Gasteiger charge is 2.34. The van der Waals surface area contributed by atoms with E-state index in [1.165, 1.54) is 4.90 Å². The fourth-order valence-electron chi connectivity index (χ4n) is 2.12. The minimum absolute atomic E-state index is 0.183. The molecule has 1 fully saturated rings. The van der Waals surface area contributed by atoms with Gasteiger partial charge in [0.05, 0.1) is 25.7 Å². The zero-order valence-electron chi connectivity index (χ0n) is 14.2. The molecule has 0 saturated carbocycles. The molecular formula is C17H19NO5S2. The van der Waals surface area contributed by atoms with E-state index in [-0.39, 0.29) is 12.5 Å². The lowest BCUT2D eigenvalue weighted by molar-refractivity contribution is -0.146. The molecule has 1 heterocycles. The first-order valence-corrected chi connectivity index (χ1v) is 8.85. The van der Waals surface area contributed by atoms with Crippen LogP contribution in [0.1, 0.15) is 18.9 Å². The molecule has 0 radical (unpaired) electrons. The van der Waals surface area contributed by atoms with Crippen molar-refractivity contribution < 1.29 is 23.8 Å². The second-order valence-electron chi connectivity index (χ2n) is 5.10. The predicted octanol–water partition coefficient (Wildman–Crippen LogP) is 2.86. The molecule has 0 N–H and O–H groups in total. The number of thioether (sulfide) groups is 1. The van der Waals surface area contributed by atoms with Gasteiger partial charge in [0, 0.05) is 5.56 Å². The third kappa shape index (κ3) is 4.73. The molecule has 1 aliphatic heterocycles. The first kappa shape index (κ1) is 19.3. The van der Waals surface area contributed by atoms with E-state index in [0.717, 1.165) is 18.2 Å². The highest BCUT2D eigenvalue weighted by Crippen LogP contribution is 2.35. The minimum atomic E-state index is -0.474. The Bertz CT molecular complexity index is 717. The number of rotatable bonds is 7. The van der Waals surface area contributed by atoms with Crippen LogP contribution in [0.15, 0.2) is 23.1 Å². The van der Waals surface area contributed by atoms with E-state index in [4.69, 9.17) is 26.4 Å². The molecule has 1 aliphatic rings. The highest BCUT2D eigenvalue weighted by atomic mass is 32.2. The molecule has 0 spiro atoms. The largest absolute Gasteiger partial charge is 0.497 e. The number of hydrogen-bond donors (Lipinski definition) is 0. The lowest BCUT2D eigenvalue weighted by Crippen LogP contribution is -2.34. The van der Waals surface area contributed by atoms with Crippen molar-refractivity contribution in [3.05, 3.63) is 28.7 Å². The van der Waals surface area contributed by atoms with Gasteiger partial charge >= 0.3 is 5.97 Å². The molecule has 0 atom stereocenters. The Balaban J connectivity index is 2.21. The number of thiocarbonyl (C=S) groups is 1. The number of esters is 1. The van der Waals surface area contributed by atoms with E-state index in [2.05, 4.69) is 0 Å². The summed E-state index contributed by atoms with van der Waals surface area (Å²) in [6, 6.07) is 5.29. The molecule has 6 nitrogen and oxygen atoms in total. The van der Waals surface area contributed by atoms with Gasteiger partial charge in [-0.05, 0) is 30.7 Å². The van der Waals surface area contributed by atoms with E-state index >= 15 is 0 Å². The molecule has 25 heavy (non-hydrogen) atoms. The van der Waals surface area contributed by atoms with Crippen LogP contribution >= 0.6 is 24.0 Å². The summed E-state index contributed by atoms with van der Waals surface area (Å²) in [5.74, 6) is 0.450. The Kier molecular flexibility index (Phi) is 6.83. The monoisotopic (exact) mass is 381 g/mol. The van der Waals surface area contributed by atoms with Crippen molar-refractivity contribution in [2.75, 3.05) is 27.4 Å². The van der Waals surface area contributed by atoms with Crippen molar-refractivity contribution in [2.24, 2.45) is 0 Å². The summed E-state index contributed by atoms with van der Waals surface area (Å²) >= 11 is 6.36. The van der Waals surface area contributed by atoms with Gasteiger partial charge in [0.25, 0.3) is 5.91 Å². The number of amides is 1. The van der Waals surface area contributed by atoms with Crippen LogP contribution in [0.5, 0.6) is 11.5 Å². The van der Waals surface area contributed by atoms with Gasteiger partial charge in [0.15, 0.2) is 0 Å². The van der Waals surface area contributed by atoms with Crippen LogP contribution in [0.25, 0.3) is 6.08 Å². The van der Waals surface area contributed by atoms with Gasteiger partial charge in [0.2, 0.25) is 0 Å². The Labute approximate surface area is 156 Å². The number of hydrogen-bond acceptors (Lipinski definition) is 7. The Morgan fingerprint density at radius 3 is 2.72 bits per heavy atom. The molecule has 1 aromatic carbocycles. The summed E-state index contributed by atoms with van der Waals surface area (Å²) in [5, 5.41) is 0. The number of ether oxygens (including phenoxy) is 3. The Hall–Kier alpha value is -2.06. The second-order valence-corrected chi connectivity index (χ2v) is 6.77. The van der Waals surface area contributed by atoms with Gasteiger partial charge in [-0.1, -0.05) is 30.9 Å². The van der Waals surface area contributed by atoms with Gasteiger partial charge in [-0.25, -0.2) is 0 Å². The third-order valence-corrected chi connectivity index (χ3v) is 4.73. The maximum Gasteiger partial charge on any atom is 0.326 e. The SMILES string of the molecule is CCCOC(=O)CN1C(=O)/C(=C/c2cc(OC)ccc2OC)SC1=S. The maximum atomic E-state index is 12.6. The summed E-state index contributed by atoms with van der Waals surface area (Å²) < 4.78 is 15.9. The van der Waals surface area contributed by atoms with Crippen LogP contribution in [0.4, 0.5) is 0 Å². The summed E-state index contributed by atoms with van der Waals surface area (Å²) in [7, 11) is 3.11. The Morgan fingerprint density at radius 2 is 2.08 bits per heavy atom. The van der Waals surface area contributed by atoms with E-state index < -0.39 is 5.97 Å². The van der Waals surface area contributed by atoms with Crippen molar-refractivity contribution in [3.63, 3.8) is 0 Å². The third-order valence-electron chi connectivity index (χ3n) is 3.35. The van der Waals surface area contributed by atoms with Crippen molar-refractivity contribution in [1.29, 1.82) is 0 Å². The number of nitrogens with zero attached hydrogens (tertiary/aromatic N) is 1. The van der Waals surface area contributed by atoms with Crippen molar-refractivity contribution in [2.45, 2.75) is 13.3 Å². The normalized spacial score (nSPS) is 15.6. The fourth-order valence-corrected chi connectivity index (χ4v) is 3.37. The molecule has 2 rings (SSSR count). The molecule has 8 heteroatoms. The lowest BCUT2D eigenvalue weighted by atomic mass is 10.1. The molecule has 134 valence electrons. The summed E-state index contributed by atoms with van der Waals surface area (Å²) in [6.45, 7) is 2.04. The van der Waals surface area contributed by atoms with E-state index in [1.54, 1.807) is 38.5 Å². The maximum absolute atomic E-state index is 12.6. The van der Waals surface area contributed by atoms with Gasteiger partial charge in [-0.15, -0.1) is 0 Å². The van der Waals surface area contributed by atoms with Crippen LogP contribution < -0.4 is 9.47 Å². The average Bonchev–Trinajstić information content (AvgIpc) is 2.87. The topological polar surface area (TPSA) is 65.1 Å². The van der Waals surface area contributed by atoms with Gasteiger partial charge in [-0.3, -0.25) is 14.5 Å².